The molecule has 2 amide bonds. The standard InChI is InChI=1S/C16H26N2O5/c1-22-11-15(20)17-13-6-5-12(23-14(13)10-19)9-16(21)18-7-3-2-4-8-18/h5-6,12-14,19H,2-4,7-11H2,1H3,(H,17,20)/t12-,13-,14+/m1/s1. The molecule has 7 nitrogen and oxygen atoms in total. The van der Waals surface area contributed by atoms with E-state index >= 15 is 0 Å². The molecule has 0 saturated carbocycles. The van der Waals surface area contributed by atoms with Crippen LogP contribution in [0.5, 0.6) is 0 Å². The summed E-state index contributed by atoms with van der Waals surface area (Å²) in [5, 5.41) is 12.2. The maximum Gasteiger partial charge on any atom is 0.246 e. The van der Waals surface area contributed by atoms with Gasteiger partial charge in [-0.1, -0.05) is 12.2 Å². The molecule has 2 rings (SSSR count). The topological polar surface area (TPSA) is 88.1 Å². The predicted molar refractivity (Wildman–Crippen MR) is 83.7 cm³/mol. The zero-order valence-electron chi connectivity index (χ0n) is 13.6. The van der Waals surface area contributed by atoms with Crippen LogP contribution in [0.2, 0.25) is 0 Å². The van der Waals surface area contributed by atoms with Gasteiger partial charge in [0.15, 0.2) is 0 Å². The third-order valence-electron chi connectivity index (χ3n) is 4.15. The third-order valence-corrected chi connectivity index (χ3v) is 4.15. The van der Waals surface area contributed by atoms with Crippen LogP contribution < -0.4 is 5.32 Å². The van der Waals surface area contributed by atoms with Crippen LogP contribution in [0.25, 0.3) is 0 Å². The van der Waals surface area contributed by atoms with Gasteiger partial charge in [-0.15, -0.1) is 0 Å². The smallest absolute Gasteiger partial charge is 0.246 e. The van der Waals surface area contributed by atoms with Gasteiger partial charge in [0.1, 0.15) is 12.7 Å². The molecule has 1 fully saturated rings. The minimum absolute atomic E-state index is 0.0423. The summed E-state index contributed by atoms with van der Waals surface area (Å²) < 4.78 is 10.5. The Morgan fingerprint density at radius 2 is 2.04 bits per heavy atom. The van der Waals surface area contributed by atoms with E-state index in [4.69, 9.17) is 9.47 Å². The highest BCUT2D eigenvalue weighted by Crippen LogP contribution is 2.18. The fourth-order valence-electron chi connectivity index (χ4n) is 2.94. The summed E-state index contributed by atoms with van der Waals surface area (Å²) in [4.78, 5) is 25.7. The number of amides is 2. The normalized spacial score (nSPS) is 27.7. The molecule has 0 aromatic heterocycles. The van der Waals surface area contributed by atoms with Crippen LogP contribution in [0.1, 0.15) is 25.7 Å². The minimum Gasteiger partial charge on any atom is -0.394 e. The number of piperidine rings is 1. The van der Waals surface area contributed by atoms with E-state index in [-0.39, 0.29) is 37.6 Å². The van der Waals surface area contributed by atoms with Crippen molar-refractivity contribution in [1.82, 2.24) is 10.2 Å². The quantitative estimate of drug-likeness (QED) is 0.662. The number of aliphatic hydroxyl groups excluding tert-OH is 1. The van der Waals surface area contributed by atoms with Gasteiger partial charge in [-0.25, -0.2) is 0 Å². The molecule has 130 valence electrons. The number of likely N-dealkylation sites (tertiary alicyclic amines) is 1. The molecule has 2 aliphatic heterocycles. The molecule has 0 aromatic carbocycles. The van der Waals surface area contributed by atoms with Gasteiger partial charge in [-0.3, -0.25) is 9.59 Å². The zero-order valence-corrected chi connectivity index (χ0v) is 13.6. The monoisotopic (exact) mass is 326 g/mol. The van der Waals surface area contributed by atoms with Crippen molar-refractivity contribution >= 4 is 11.8 Å². The number of carbonyl (C=O) groups is 2. The minimum atomic E-state index is -0.556. The van der Waals surface area contributed by atoms with E-state index in [0.29, 0.717) is 0 Å². The number of nitrogens with one attached hydrogen (secondary N) is 1. The van der Waals surface area contributed by atoms with Crippen molar-refractivity contribution < 1.29 is 24.2 Å². The van der Waals surface area contributed by atoms with Gasteiger partial charge in [0.2, 0.25) is 11.8 Å². The zero-order chi connectivity index (χ0) is 16.7. The molecule has 23 heavy (non-hydrogen) atoms. The van der Waals surface area contributed by atoms with Gasteiger partial charge in [-0.05, 0) is 19.3 Å². The molecule has 1 saturated heterocycles. The maximum absolute atomic E-state index is 12.3. The Morgan fingerprint density at radius 3 is 2.70 bits per heavy atom. The summed E-state index contributed by atoms with van der Waals surface area (Å²) in [6.07, 6.45) is 6.21. The lowest BCUT2D eigenvalue weighted by Crippen LogP contribution is -2.50. The Hall–Kier alpha value is -1.44. The van der Waals surface area contributed by atoms with Crippen LogP contribution in [0.3, 0.4) is 0 Å². The van der Waals surface area contributed by atoms with Crippen molar-refractivity contribution in [2.24, 2.45) is 0 Å². The molecular weight excluding hydrogens is 300 g/mol. The SMILES string of the molecule is COCC(=O)N[C@@H]1C=C[C@H](CC(=O)N2CCCCC2)O[C@H]1CO. The van der Waals surface area contributed by atoms with Crippen LogP contribution in [-0.2, 0) is 19.1 Å². The first-order valence-corrected chi connectivity index (χ1v) is 8.14. The van der Waals surface area contributed by atoms with Crippen LogP contribution in [0.4, 0.5) is 0 Å². The highest BCUT2D eigenvalue weighted by Gasteiger charge is 2.30. The highest BCUT2D eigenvalue weighted by molar-refractivity contribution is 5.78. The second-order valence-corrected chi connectivity index (χ2v) is 5.95. The average molecular weight is 326 g/mol. The Balaban J connectivity index is 1.87. The molecule has 0 spiro atoms. The third kappa shape index (κ3) is 5.30. The fourth-order valence-corrected chi connectivity index (χ4v) is 2.94. The molecule has 0 bridgehead atoms. The number of carbonyl (C=O) groups excluding carboxylic acids is 2. The molecule has 3 atom stereocenters. The summed E-state index contributed by atoms with van der Waals surface area (Å²) in [6.45, 7) is 1.36. The van der Waals surface area contributed by atoms with Gasteiger partial charge in [0.25, 0.3) is 0 Å². The van der Waals surface area contributed by atoms with Crippen LogP contribution >= 0.6 is 0 Å². The van der Waals surface area contributed by atoms with Crippen molar-refractivity contribution in [1.29, 1.82) is 0 Å². The Labute approximate surface area is 136 Å². The second kappa shape index (κ2) is 9.00. The van der Waals surface area contributed by atoms with E-state index in [9.17, 15) is 14.7 Å². The molecule has 0 aromatic rings. The van der Waals surface area contributed by atoms with Gasteiger partial charge in [0, 0.05) is 20.2 Å². The highest BCUT2D eigenvalue weighted by atomic mass is 16.5. The van der Waals surface area contributed by atoms with Crippen molar-refractivity contribution in [2.75, 3.05) is 33.4 Å². The Bertz CT molecular complexity index is 434. The maximum atomic E-state index is 12.3. The average Bonchev–Trinajstić information content (AvgIpc) is 2.57. The molecular formula is C16H26N2O5. The summed E-state index contributed by atoms with van der Waals surface area (Å²) in [5.74, 6) is -0.190. The largest absolute Gasteiger partial charge is 0.394 e. The second-order valence-electron chi connectivity index (χ2n) is 5.95. The molecule has 0 unspecified atom stereocenters. The summed E-state index contributed by atoms with van der Waals surface area (Å²) in [6, 6.07) is -0.413. The molecule has 2 N–H and O–H groups in total. The molecule has 0 radical (unpaired) electrons. The number of rotatable bonds is 6. The van der Waals surface area contributed by atoms with E-state index in [1.54, 1.807) is 12.2 Å². The number of ether oxygens (including phenoxy) is 2. The predicted octanol–water partition coefficient (Wildman–Crippen LogP) is -0.164. The molecule has 0 aliphatic carbocycles. The number of aliphatic hydroxyl groups is 1. The van der Waals surface area contributed by atoms with Crippen LogP contribution in [0.15, 0.2) is 12.2 Å². The lowest BCUT2D eigenvalue weighted by molar-refractivity contribution is -0.137. The van der Waals surface area contributed by atoms with Crippen LogP contribution in [0, 0.1) is 0 Å². The van der Waals surface area contributed by atoms with Crippen molar-refractivity contribution in [3.05, 3.63) is 12.2 Å². The summed E-state index contributed by atoms with van der Waals surface area (Å²) in [5.41, 5.74) is 0. The first-order chi connectivity index (χ1) is 11.1. The Kier molecular flexibility index (Phi) is 7.01. The number of nitrogens with zero attached hydrogens (tertiary/aromatic N) is 1. The van der Waals surface area contributed by atoms with Crippen molar-refractivity contribution in [3.63, 3.8) is 0 Å². The molecule has 2 heterocycles. The molecule has 2 aliphatic rings. The van der Waals surface area contributed by atoms with Gasteiger partial charge < -0.3 is 24.8 Å². The van der Waals surface area contributed by atoms with Crippen molar-refractivity contribution in [3.8, 4) is 0 Å². The van der Waals surface area contributed by atoms with Gasteiger partial charge >= 0.3 is 0 Å². The number of methoxy groups -OCH3 is 1. The van der Waals surface area contributed by atoms with E-state index < -0.39 is 12.1 Å². The first-order valence-electron chi connectivity index (χ1n) is 8.14. The first kappa shape index (κ1) is 17.9. The van der Waals surface area contributed by atoms with Gasteiger partial charge in [0.05, 0.1) is 25.2 Å². The van der Waals surface area contributed by atoms with E-state index in [2.05, 4.69) is 5.32 Å². The lowest BCUT2D eigenvalue weighted by atomic mass is 10.0. The van der Waals surface area contributed by atoms with Crippen LogP contribution in [-0.4, -0.2) is 73.5 Å². The van der Waals surface area contributed by atoms with E-state index in [1.807, 2.05) is 4.90 Å². The molecule has 7 heteroatoms. The summed E-state index contributed by atoms with van der Waals surface area (Å²) in [7, 11) is 1.44. The number of hydrogen-bond acceptors (Lipinski definition) is 5. The lowest BCUT2D eigenvalue weighted by Gasteiger charge is -2.33. The van der Waals surface area contributed by atoms with Gasteiger partial charge in [-0.2, -0.15) is 0 Å². The fraction of sp³-hybridized carbons (Fsp3) is 0.750. The van der Waals surface area contributed by atoms with E-state index in [0.717, 1.165) is 25.9 Å². The Morgan fingerprint density at radius 1 is 1.30 bits per heavy atom. The van der Waals surface area contributed by atoms with E-state index in [1.165, 1.54) is 13.5 Å². The van der Waals surface area contributed by atoms with Crippen molar-refractivity contribution in [2.45, 2.75) is 43.9 Å². The number of hydrogen-bond donors (Lipinski definition) is 2. The summed E-state index contributed by atoms with van der Waals surface area (Å²) >= 11 is 0.